The van der Waals surface area contributed by atoms with Gasteiger partial charge in [-0.15, -0.1) is 22.7 Å². The van der Waals surface area contributed by atoms with E-state index in [1.165, 1.54) is 28.9 Å². The molecule has 0 amide bonds. The molecule has 0 saturated heterocycles. The number of thiophene rings is 2. The quantitative estimate of drug-likeness (QED) is 0.434. The molecule has 0 aliphatic heterocycles. The summed E-state index contributed by atoms with van der Waals surface area (Å²) in [6, 6.07) is 11.4. The number of aromatic nitrogens is 1. The normalized spacial score (nSPS) is 11.0. The summed E-state index contributed by atoms with van der Waals surface area (Å²) in [5.74, 6) is 0.0674. The molecule has 1 aromatic carbocycles. The van der Waals surface area contributed by atoms with E-state index in [2.05, 4.69) is 4.98 Å². The van der Waals surface area contributed by atoms with Gasteiger partial charge in [0.2, 0.25) is 5.89 Å². The maximum Gasteiger partial charge on any atom is 0.350 e. The van der Waals surface area contributed by atoms with Crippen LogP contribution in [0.2, 0.25) is 5.02 Å². The molecule has 0 radical (unpaired) electrons. The van der Waals surface area contributed by atoms with Crippen molar-refractivity contribution in [1.82, 2.24) is 4.98 Å². The molecule has 3 heterocycles. The van der Waals surface area contributed by atoms with Crippen LogP contribution in [0.4, 0.5) is 0 Å². The number of benzene rings is 1. The van der Waals surface area contributed by atoms with Gasteiger partial charge < -0.3 is 9.15 Å². The Morgan fingerprint density at radius 1 is 1.25 bits per heavy atom. The second-order valence-electron chi connectivity index (χ2n) is 4.94. The average Bonchev–Trinajstić information content (AvgIpc) is 3.33. The number of rotatable bonds is 4. The summed E-state index contributed by atoms with van der Waals surface area (Å²) in [7, 11) is 0. The Balaban J connectivity index is 1.49. The van der Waals surface area contributed by atoms with Crippen molar-refractivity contribution >= 4 is 50.3 Å². The van der Waals surface area contributed by atoms with Gasteiger partial charge in [0.05, 0.1) is 9.90 Å². The van der Waals surface area contributed by atoms with E-state index in [1.807, 2.05) is 41.8 Å². The molecule has 0 spiro atoms. The summed E-state index contributed by atoms with van der Waals surface area (Å²) in [5, 5.41) is 3.24. The SMILES string of the molecule is O=C(OCc1coc(-c2cccs2)n1)c1sc2ccccc2c1Cl. The molecule has 4 nitrogen and oxygen atoms in total. The smallest absolute Gasteiger partial charge is 0.350 e. The van der Waals surface area contributed by atoms with Gasteiger partial charge in [-0.3, -0.25) is 0 Å². The second-order valence-corrected chi connectivity index (χ2v) is 7.32. The molecule has 7 heteroatoms. The third-order valence-electron chi connectivity index (χ3n) is 3.36. The van der Waals surface area contributed by atoms with Crippen molar-refractivity contribution in [3.63, 3.8) is 0 Å². The predicted molar refractivity (Wildman–Crippen MR) is 95.8 cm³/mol. The highest BCUT2D eigenvalue weighted by atomic mass is 35.5. The Morgan fingerprint density at radius 2 is 2.12 bits per heavy atom. The predicted octanol–water partition coefficient (Wildman–Crippen LogP) is 5.63. The molecule has 0 atom stereocenters. The summed E-state index contributed by atoms with van der Waals surface area (Å²) in [4.78, 5) is 17.9. The van der Waals surface area contributed by atoms with E-state index < -0.39 is 5.97 Å². The van der Waals surface area contributed by atoms with Crippen molar-refractivity contribution in [2.75, 3.05) is 0 Å². The minimum absolute atomic E-state index is 0.0400. The number of fused-ring (bicyclic) bond motifs is 1. The van der Waals surface area contributed by atoms with Gasteiger partial charge in [-0.2, -0.15) is 0 Å². The summed E-state index contributed by atoms with van der Waals surface area (Å²) >= 11 is 9.14. The van der Waals surface area contributed by atoms with Gasteiger partial charge in [-0.1, -0.05) is 35.9 Å². The van der Waals surface area contributed by atoms with E-state index in [9.17, 15) is 4.79 Å². The fourth-order valence-electron chi connectivity index (χ4n) is 2.24. The third-order valence-corrected chi connectivity index (χ3v) is 5.87. The lowest BCUT2D eigenvalue weighted by atomic mass is 10.2. The molecule has 0 unspecified atom stereocenters. The largest absolute Gasteiger partial charge is 0.455 e. The van der Waals surface area contributed by atoms with Crippen molar-refractivity contribution in [2.24, 2.45) is 0 Å². The monoisotopic (exact) mass is 375 g/mol. The molecule has 4 rings (SSSR count). The van der Waals surface area contributed by atoms with Crippen molar-refractivity contribution < 1.29 is 13.9 Å². The third kappa shape index (κ3) is 2.84. The number of ether oxygens (including phenoxy) is 1. The van der Waals surface area contributed by atoms with E-state index in [-0.39, 0.29) is 6.61 Å². The fourth-order valence-corrected chi connectivity index (χ4v) is 4.29. The van der Waals surface area contributed by atoms with Crippen LogP contribution in [-0.2, 0) is 11.3 Å². The molecule has 4 aromatic rings. The first-order valence-corrected chi connectivity index (χ1v) is 9.12. The van der Waals surface area contributed by atoms with Crippen LogP contribution < -0.4 is 0 Å². The first-order valence-electron chi connectivity index (χ1n) is 7.05. The number of nitrogens with zero attached hydrogens (tertiary/aromatic N) is 1. The Bertz CT molecular complexity index is 1000. The molecule has 0 saturated carbocycles. The van der Waals surface area contributed by atoms with E-state index in [0.29, 0.717) is 21.5 Å². The number of hydrogen-bond acceptors (Lipinski definition) is 6. The highest BCUT2D eigenvalue weighted by Gasteiger charge is 2.19. The van der Waals surface area contributed by atoms with Crippen LogP contribution >= 0.6 is 34.3 Å². The lowest BCUT2D eigenvalue weighted by Gasteiger charge is -2.00. The molecule has 0 aliphatic rings. The average molecular weight is 376 g/mol. The van der Waals surface area contributed by atoms with Gasteiger partial charge in [0.25, 0.3) is 0 Å². The number of esters is 1. The van der Waals surface area contributed by atoms with Crippen LogP contribution in [0.3, 0.4) is 0 Å². The number of carbonyl (C=O) groups is 1. The minimum Gasteiger partial charge on any atom is -0.455 e. The van der Waals surface area contributed by atoms with Gasteiger partial charge >= 0.3 is 5.97 Å². The molecule has 0 aliphatic carbocycles. The zero-order valence-electron chi connectivity index (χ0n) is 12.2. The van der Waals surface area contributed by atoms with Crippen LogP contribution in [-0.4, -0.2) is 11.0 Å². The topological polar surface area (TPSA) is 52.3 Å². The molecule has 0 N–H and O–H groups in total. The molecule has 0 fully saturated rings. The number of oxazole rings is 1. The Hall–Kier alpha value is -2.15. The first-order chi connectivity index (χ1) is 11.7. The van der Waals surface area contributed by atoms with Crippen molar-refractivity contribution in [3.8, 4) is 10.8 Å². The van der Waals surface area contributed by atoms with Crippen LogP contribution in [0, 0.1) is 0 Å². The van der Waals surface area contributed by atoms with Crippen molar-refractivity contribution in [2.45, 2.75) is 6.61 Å². The van der Waals surface area contributed by atoms with Gasteiger partial charge in [-0.25, -0.2) is 9.78 Å². The molecule has 3 aromatic heterocycles. The zero-order valence-corrected chi connectivity index (χ0v) is 14.6. The fraction of sp³-hybridized carbons (Fsp3) is 0.0588. The number of carbonyl (C=O) groups excluding carboxylic acids is 1. The van der Waals surface area contributed by atoms with Crippen molar-refractivity contribution in [3.05, 3.63) is 63.6 Å². The van der Waals surface area contributed by atoms with E-state index >= 15 is 0 Å². The maximum atomic E-state index is 12.3. The molecule has 120 valence electrons. The van der Waals surface area contributed by atoms with Gasteiger partial charge in [0.15, 0.2) is 0 Å². The van der Waals surface area contributed by atoms with Crippen LogP contribution in [0.25, 0.3) is 20.9 Å². The molecular formula is C17H10ClNO3S2. The second kappa shape index (κ2) is 6.39. The molecule has 0 bridgehead atoms. The summed E-state index contributed by atoms with van der Waals surface area (Å²) < 4.78 is 11.7. The highest BCUT2D eigenvalue weighted by molar-refractivity contribution is 7.21. The zero-order chi connectivity index (χ0) is 16.5. The summed E-state index contributed by atoms with van der Waals surface area (Å²) in [6.07, 6.45) is 1.49. The number of hydrogen-bond donors (Lipinski definition) is 0. The van der Waals surface area contributed by atoms with Crippen LogP contribution in [0.1, 0.15) is 15.4 Å². The Labute approximate surface area is 150 Å². The van der Waals surface area contributed by atoms with Crippen LogP contribution in [0.15, 0.2) is 52.5 Å². The first kappa shape index (κ1) is 15.4. The molecule has 24 heavy (non-hydrogen) atoms. The standard InChI is InChI=1S/C17H10ClNO3S2/c18-14-11-4-1-2-5-12(11)24-15(14)17(20)22-9-10-8-21-16(19-10)13-6-3-7-23-13/h1-8H,9H2. The van der Waals surface area contributed by atoms with E-state index in [4.69, 9.17) is 20.8 Å². The van der Waals surface area contributed by atoms with Gasteiger partial charge in [0, 0.05) is 10.1 Å². The van der Waals surface area contributed by atoms with E-state index in [1.54, 1.807) is 0 Å². The Kier molecular flexibility index (Phi) is 4.10. The Morgan fingerprint density at radius 3 is 2.92 bits per heavy atom. The maximum absolute atomic E-state index is 12.3. The lowest BCUT2D eigenvalue weighted by molar-refractivity contribution is 0.0474. The van der Waals surface area contributed by atoms with Gasteiger partial charge in [0.1, 0.15) is 23.4 Å². The summed E-state index contributed by atoms with van der Waals surface area (Å²) in [5.41, 5.74) is 0.559. The summed E-state index contributed by atoms with van der Waals surface area (Å²) in [6.45, 7) is 0.0400. The van der Waals surface area contributed by atoms with Crippen LogP contribution in [0.5, 0.6) is 0 Å². The lowest BCUT2D eigenvalue weighted by Crippen LogP contribution is -2.04. The van der Waals surface area contributed by atoms with Crippen molar-refractivity contribution in [1.29, 1.82) is 0 Å². The molecular weight excluding hydrogens is 366 g/mol. The van der Waals surface area contributed by atoms with E-state index in [0.717, 1.165) is 15.0 Å². The minimum atomic E-state index is -0.457. The van der Waals surface area contributed by atoms with Gasteiger partial charge in [-0.05, 0) is 17.5 Å². The number of halogens is 1. The highest BCUT2D eigenvalue weighted by Crippen LogP contribution is 2.35.